The molecule has 8 rings (SSSR count). The molecule has 4 nitrogen and oxygen atoms in total. The molecule has 2 heterocycles. The van der Waals surface area contributed by atoms with Crippen LogP contribution < -0.4 is 0 Å². The number of imidazole rings is 2. The molecule has 6 aromatic carbocycles. The van der Waals surface area contributed by atoms with Crippen molar-refractivity contribution in [2.45, 2.75) is 107 Å². The van der Waals surface area contributed by atoms with E-state index in [4.69, 9.17) is 9.97 Å². The summed E-state index contributed by atoms with van der Waals surface area (Å²) >= 11 is 0. The van der Waals surface area contributed by atoms with Gasteiger partial charge in [0.25, 0.3) is 0 Å². The van der Waals surface area contributed by atoms with Crippen LogP contribution in [0, 0.1) is 33.8 Å². The molecule has 0 saturated heterocycles. The number of benzene rings is 6. The van der Waals surface area contributed by atoms with Gasteiger partial charge in [0.1, 0.15) is 5.82 Å². The van der Waals surface area contributed by atoms with E-state index in [9.17, 15) is 0 Å². The average Bonchev–Trinajstić information content (AvgIpc) is 3.94. The predicted octanol–water partition coefficient (Wildman–Crippen LogP) is 15.9. The summed E-state index contributed by atoms with van der Waals surface area (Å²) in [6.45, 7) is 26.9. The quantitative estimate of drug-likeness (QED) is 0.128. The maximum atomic E-state index is 4.73. The smallest absolute Gasteiger partial charge is 0.144 e. The molecule has 63 heavy (non-hydrogen) atoms. The Hall–Kier alpha value is -5.61. The molecule has 0 atom stereocenters. The van der Waals surface area contributed by atoms with Crippen LogP contribution in [0.3, 0.4) is 0 Å². The summed E-state index contributed by atoms with van der Waals surface area (Å²) in [6.07, 6.45) is 7.99. The molecule has 325 valence electrons. The minimum absolute atomic E-state index is 0. The van der Waals surface area contributed by atoms with E-state index in [1.165, 1.54) is 78.1 Å². The first kappa shape index (κ1) is 46.9. The molecule has 0 unspecified atom stereocenters. The van der Waals surface area contributed by atoms with E-state index in [0.717, 1.165) is 22.8 Å². The second-order valence-electron chi connectivity index (χ2n) is 18.3. The van der Waals surface area contributed by atoms with Crippen molar-refractivity contribution in [3.8, 4) is 56.4 Å². The molecule has 1 radical (unpaired) electrons. The van der Waals surface area contributed by atoms with E-state index in [1.807, 2.05) is 30.6 Å². The van der Waals surface area contributed by atoms with Gasteiger partial charge in [0.05, 0.1) is 11.5 Å². The van der Waals surface area contributed by atoms with E-state index in [2.05, 4.69) is 208 Å². The second-order valence-corrected chi connectivity index (χ2v) is 18.3. The van der Waals surface area contributed by atoms with Gasteiger partial charge in [-0.15, -0.1) is 35.9 Å². The van der Waals surface area contributed by atoms with Crippen molar-refractivity contribution >= 4 is 0 Å². The molecule has 0 aliphatic heterocycles. The molecule has 2 aromatic heterocycles. The van der Waals surface area contributed by atoms with Crippen LogP contribution in [0.25, 0.3) is 56.4 Å². The number of hydrogen-bond donors (Lipinski definition) is 0. The summed E-state index contributed by atoms with van der Waals surface area (Å²) in [5.41, 5.74) is 20.4. The Morgan fingerprint density at radius 3 is 1.16 bits per heavy atom. The molecule has 0 saturated carbocycles. The van der Waals surface area contributed by atoms with Crippen molar-refractivity contribution < 1.29 is 20.1 Å². The number of aromatic nitrogens is 4. The molecule has 0 N–H and O–H groups in total. The Morgan fingerprint density at radius 2 is 0.778 bits per heavy atom. The van der Waals surface area contributed by atoms with Gasteiger partial charge in [-0.05, 0) is 120 Å². The van der Waals surface area contributed by atoms with Crippen molar-refractivity contribution in [2.75, 3.05) is 0 Å². The SMILES string of the molecule is Cc1cc(C)cc(-c2cc(C(C)C)c(-n3ccnc3-c3[c-]cccc3)c(C(C)C)c2)c1.Cc1cc(C)cc(-c2cc(C(C)C)c(-n3ccnc3-c3ccccc3)c(C(C)C)c2)c1.[Ir]. The Morgan fingerprint density at radius 1 is 0.413 bits per heavy atom. The van der Waals surface area contributed by atoms with Crippen molar-refractivity contribution in [1.29, 1.82) is 0 Å². The van der Waals surface area contributed by atoms with Gasteiger partial charge in [-0.2, -0.15) is 0 Å². The Kier molecular flexibility index (Phi) is 15.1. The molecule has 0 spiro atoms. The number of nitrogens with zero attached hydrogens (tertiary/aromatic N) is 4. The molecule has 0 bridgehead atoms. The molecule has 0 fully saturated rings. The van der Waals surface area contributed by atoms with E-state index >= 15 is 0 Å². The van der Waals surface area contributed by atoms with Crippen LogP contribution in [-0.4, -0.2) is 19.1 Å². The first-order chi connectivity index (χ1) is 29.7. The fourth-order valence-electron chi connectivity index (χ4n) is 8.79. The minimum atomic E-state index is 0. The topological polar surface area (TPSA) is 35.6 Å². The molecule has 8 aromatic rings. The summed E-state index contributed by atoms with van der Waals surface area (Å²) in [6, 6.07) is 45.0. The molecule has 0 amide bonds. The zero-order chi connectivity index (χ0) is 44.2. The van der Waals surface area contributed by atoms with Crippen LogP contribution in [0.1, 0.15) is 124 Å². The summed E-state index contributed by atoms with van der Waals surface area (Å²) in [7, 11) is 0. The standard InChI is InChI=1S/C29H32N2.C29H31N2.Ir/c2*1-19(2)26-17-25(24-15-21(5)14-22(6)16-24)18-27(20(3)4)28(26)31-13-12-30-29(31)23-10-8-7-9-11-23;/h7-20H,1-6H3;7-10,12-20H,1-6H3;/q;-1;. The van der Waals surface area contributed by atoms with Crippen LogP contribution >= 0.6 is 0 Å². The van der Waals surface area contributed by atoms with Crippen molar-refractivity contribution in [2.24, 2.45) is 0 Å². The van der Waals surface area contributed by atoms with Crippen molar-refractivity contribution in [3.05, 3.63) is 191 Å². The Bertz CT molecular complexity index is 2490. The third kappa shape index (κ3) is 10.4. The zero-order valence-corrected chi connectivity index (χ0v) is 41.6. The van der Waals surface area contributed by atoms with Crippen LogP contribution in [0.5, 0.6) is 0 Å². The van der Waals surface area contributed by atoms with Gasteiger partial charge < -0.3 is 4.57 Å². The van der Waals surface area contributed by atoms with Gasteiger partial charge in [0.2, 0.25) is 0 Å². The Labute approximate surface area is 390 Å². The largest absolute Gasteiger partial charge is 0.340 e. The van der Waals surface area contributed by atoms with E-state index < -0.39 is 0 Å². The normalized spacial score (nSPS) is 11.3. The third-order valence-electron chi connectivity index (χ3n) is 11.7. The van der Waals surface area contributed by atoms with Gasteiger partial charge in [0, 0.05) is 56.1 Å². The minimum Gasteiger partial charge on any atom is -0.340 e. The molecule has 0 aliphatic carbocycles. The summed E-state index contributed by atoms with van der Waals surface area (Å²) in [5, 5.41) is 0. The summed E-state index contributed by atoms with van der Waals surface area (Å²) in [5.74, 6) is 3.47. The number of hydrogen-bond acceptors (Lipinski definition) is 2. The zero-order valence-electron chi connectivity index (χ0n) is 39.2. The average molecular weight is 1010 g/mol. The van der Waals surface area contributed by atoms with Gasteiger partial charge in [-0.3, -0.25) is 9.55 Å². The van der Waals surface area contributed by atoms with Crippen LogP contribution in [-0.2, 0) is 20.1 Å². The first-order valence-corrected chi connectivity index (χ1v) is 22.3. The maximum absolute atomic E-state index is 4.73. The number of aryl methyl sites for hydroxylation is 4. The van der Waals surface area contributed by atoms with E-state index in [0.29, 0.717) is 23.7 Å². The fraction of sp³-hybridized carbons (Fsp3) is 0.276. The molecular formula is C58H63IrN4-. The van der Waals surface area contributed by atoms with Gasteiger partial charge >= 0.3 is 0 Å². The summed E-state index contributed by atoms with van der Waals surface area (Å²) < 4.78 is 4.53. The molecule has 5 heteroatoms. The predicted molar refractivity (Wildman–Crippen MR) is 263 cm³/mol. The Balaban J connectivity index is 0.000000206. The van der Waals surface area contributed by atoms with Crippen molar-refractivity contribution in [1.82, 2.24) is 19.1 Å². The number of rotatable bonds is 10. The maximum Gasteiger partial charge on any atom is 0.144 e. The first-order valence-electron chi connectivity index (χ1n) is 22.3. The van der Waals surface area contributed by atoms with E-state index in [-0.39, 0.29) is 20.1 Å². The molecule has 0 aliphatic rings. The van der Waals surface area contributed by atoms with Gasteiger partial charge in [-0.1, -0.05) is 144 Å². The fourth-order valence-corrected chi connectivity index (χ4v) is 8.79. The second kappa shape index (κ2) is 20.3. The summed E-state index contributed by atoms with van der Waals surface area (Å²) in [4.78, 5) is 9.43. The van der Waals surface area contributed by atoms with Crippen molar-refractivity contribution in [3.63, 3.8) is 0 Å². The van der Waals surface area contributed by atoms with Gasteiger partial charge in [0.15, 0.2) is 0 Å². The monoisotopic (exact) mass is 1010 g/mol. The van der Waals surface area contributed by atoms with Crippen LogP contribution in [0.2, 0.25) is 0 Å². The van der Waals surface area contributed by atoms with Gasteiger partial charge in [-0.25, -0.2) is 4.98 Å². The van der Waals surface area contributed by atoms with E-state index in [1.54, 1.807) is 0 Å². The molecular weight excluding hydrogens is 945 g/mol. The van der Waals surface area contributed by atoms with Crippen LogP contribution in [0.15, 0.2) is 140 Å². The third-order valence-corrected chi connectivity index (χ3v) is 11.7. The van der Waals surface area contributed by atoms with Crippen LogP contribution in [0.4, 0.5) is 0 Å².